The van der Waals surface area contributed by atoms with Crippen molar-refractivity contribution in [1.29, 1.82) is 0 Å². The van der Waals surface area contributed by atoms with Crippen molar-refractivity contribution in [2.75, 3.05) is 6.54 Å². The maximum Gasteiger partial charge on any atom is 0.240 e. The summed E-state index contributed by atoms with van der Waals surface area (Å²) in [5, 5.41) is 5.41. The van der Waals surface area contributed by atoms with Gasteiger partial charge in [-0.05, 0) is 41.6 Å². The molecule has 1 aromatic carbocycles. The van der Waals surface area contributed by atoms with E-state index in [0.29, 0.717) is 5.02 Å². The Balaban J connectivity index is 1.88. The first kappa shape index (κ1) is 19.9. The summed E-state index contributed by atoms with van der Waals surface area (Å²) >= 11 is 7.35. The highest BCUT2D eigenvalue weighted by Crippen LogP contribution is 2.25. The van der Waals surface area contributed by atoms with E-state index in [-0.39, 0.29) is 35.7 Å². The molecule has 0 fully saturated rings. The number of halogens is 1. The Morgan fingerprint density at radius 1 is 1.20 bits per heavy atom. The normalized spacial score (nSPS) is 13.0. The zero-order valence-corrected chi connectivity index (χ0v) is 16.4. The molecule has 0 saturated heterocycles. The molecule has 8 heteroatoms. The first-order valence-corrected chi connectivity index (χ1v) is 10.6. The van der Waals surface area contributed by atoms with Gasteiger partial charge in [-0.3, -0.25) is 4.79 Å². The van der Waals surface area contributed by atoms with Gasteiger partial charge in [0.2, 0.25) is 15.9 Å². The van der Waals surface area contributed by atoms with Crippen LogP contribution in [-0.2, 0) is 14.8 Å². The van der Waals surface area contributed by atoms with Crippen LogP contribution in [0, 0.1) is 5.92 Å². The molecule has 0 radical (unpaired) electrons. The molecule has 0 spiro atoms. The third-order valence-electron chi connectivity index (χ3n) is 3.60. The van der Waals surface area contributed by atoms with E-state index in [1.54, 1.807) is 11.3 Å². The van der Waals surface area contributed by atoms with Crippen LogP contribution < -0.4 is 10.0 Å². The number of rotatable bonds is 8. The number of carbonyl (C=O) groups is 1. The van der Waals surface area contributed by atoms with E-state index >= 15 is 0 Å². The Hall–Kier alpha value is -1.41. The summed E-state index contributed by atoms with van der Waals surface area (Å²) in [4.78, 5) is 13.4. The van der Waals surface area contributed by atoms with Gasteiger partial charge in [0, 0.05) is 22.9 Å². The van der Waals surface area contributed by atoms with E-state index in [0.717, 1.165) is 4.88 Å². The van der Waals surface area contributed by atoms with Crippen molar-refractivity contribution in [3.05, 3.63) is 51.7 Å². The number of sulfonamides is 1. The molecule has 25 heavy (non-hydrogen) atoms. The first-order valence-electron chi connectivity index (χ1n) is 7.87. The van der Waals surface area contributed by atoms with E-state index in [1.807, 2.05) is 31.4 Å². The molecule has 1 aromatic heterocycles. The van der Waals surface area contributed by atoms with Crippen molar-refractivity contribution in [3.8, 4) is 0 Å². The van der Waals surface area contributed by atoms with E-state index in [1.165, 1.54) is 24.3 Å². The maximum absolute atomic E-state index is 12.2. The van der Waals surface area contributed by atoms with Gasteiger partial charge in [0.15, 0.2) is 0 Å². The Morgan fingerprint density at radius 3 is 2.44 bits per heavy atom. The maximum atomic E-state index is 12.2. The third kappa shape index (κ3) is 5.81. The van der Waals surface area contributed by atoms with Gasteiger partial charge in [-0.1, -0.05) is 31.5 Å². The van der Waals surface area contributed by atoms with E-state index in [2.05, 4.69) is 10.0 Å². The van der Waals surface area contributed by atoms with Crippen molar-refractivity contribution >= 4 is 38.9 Å². The molecule has 1 atom stereocenters. The van der Waals surface area contributed by atoms with Crippen LogP contribution in [0.25, 0.3) is 0 Å². The summed E-state index contributed by atoms with van der Waals surface area (Å²) in [6.45, 7) is 4.11. The van der Waals surface area contributed by atoms with Crippen molar-refractivity contribution in [2.45, 2.75) is 31.2 Å². The summed E-state index contributed by atoms with van der Waals surface area (Å²) in [5.41, 5.74) is 0. The monoisotopic (exact) mass is 400 g/mol. The fourth-order valence-electron chi connectivity index (χ4n) is 2.28. The summed E-state index contributed by atoms with van der Waals surface area (Å²) in [5.74, 6) is 0.0549. The van der Waals surface area contributed by atoms with E-state index in [9.17, 15) is 13.2 Å². The number of amides is 1. The lowest BCUT2D eigenvalue weighted by Gasteiger charge is -2.21. The largest absolute Gasteiger partial charge is 0.348 e. The molecule has 0 saturated carbocycles. The molecule has 0 bridgehead atoms. The standard InChI is InChI=1S/C17H21ClN2O3S2/c1-12(2)17(15-4-3-11-24-15)20-16(21)9-10-19-25(22,23)14-7-5-13(18)6-8-14/h3-8,11-12,17,19H,9-10H2,1-2H3,(H,20,21)/t17-/m0/s1. The minimum Gasteiger partial charge on any atom is -0.348 e. The SMILES string of the molecule is CC(C)[C@H](NC(=O)CCNS(=O)(=O)c1ccc(Cl)cc1)c1cccs1. The van der Waals surface area contributed by atoms with Gasteiger partial charge in [0.1, 0.15) is 0 Å². The molecular formula is C17H21ClN2O3S2. The molecule has 0 unspecified atom stereocenters. The molecule has 0 aliphatic carbocycles. The Bertz CT molecular complexity index is 788. The smallest absolute Gasteiger partial charge is 0.240 e. The second kappa shape index (κ2) is 8.80. The molecule has 2 rings (SSSR count). The third-order valence-corrected chi connectivity index (χ3v) is 6.29. The average Bonchev–Trinajstić information content (AvgIpc) is 3.06. The average molecular weight is 401 g/mol. The highest BCUT2D eigenvalue weighted by molar-refractivity contribution is 7.89. The lowest BCUT2D eigenvalue weighted by Crippen LogP contribution is -2.34. The highest BCUT2D eigenvalue weighted by atomic mass is 35.5. The van der Waals surface area contributed by atoms with Crippen molar-refractivity contribution in [3.63, 3.8) is 0 Å². The summed E-state index contributed by atoms with van der Waals surface area (Å²) in [7, 11) is -3.65. The lowest BCUT2D eigenvalue weighted by atomic mass is 10.0. The van der Waals surface area contributed by atoms with Gasteiger partial charge in [0.05, 0.1) is 10.9 Å². The minimum atomic E-state index is -3.65. The van der Waals surface area contributed by atoms with Crippen LogP contribution in [0.4, 0.5) is 0 Å². The molecular weight excluding hydrogens is 380 g/mol. The molecule has 2 aromatic rings. The minimum absolute atomic E-state index is 0.0338. The fourth-order valence-corrected chi connectivity index (χ4v) is 4.38. The fraction of sp³-hybridized carbons (Fsp3) is 0.353. The molecule has 0 aliphatic rings. The van der Waals surface area contributed by atoms with Gasteiger partial charge in [-0.15, -0.1) is 11.3 Å². The number of thiophene rings is 1. The van der Waals surface area contributed by atoms with Crippen LogP contribution in [-0.4, -0.2) is 20.9 Å². The predicted octanol–water partition coefficient (Wildman–Crippen LogP) is 3.58. The van der Waals surface area contributed by atoms with Crippen LogP contribution in [0.3, 0.4) is 0 Å². The van der Waals surface area contributed by atoms with Crippen LogP contribution >= 0.6 is 22.9 Å². The molecule has 1 amide bonds. The van der Waals surface area contributed by atoms with Crippen LogP contribution in [0.15, 0.2) is 46.7 Å². The van der Waals surface area contributed by atoms with Crippen LogP contribution in [0.1, 0.15) is 31.2 Å². The van der Waals surface area contributed by atoms with Crippen molar-refractivity contribution in [2.24, 2.45) is 5.92 Å². The zero-order valence-electron chi connectivity index (χ0n) is 14.0. The van der Waals surface area contributed by atoms with Crippen molar-refractivity contribution < 1.29 is 13.2 Å². The molecule has 0 aliphatic heterocycles. The summed E-state index contributed by atoms with van der Waals surface area (Å²) in [6, 6.07) is 9.74. The number of hydrogen-bond donors (Lipinski definition) is 2. The number of nitrogens with one attached hydrogen (secondary N) is 2. The van der Waals surface area contributed by atoms with Crippen LogP contribution in [0.5, 0.6) is 0 Å². The number of hydrogen-bond acceptors (Lipinski definition) is 4. The van der Waals surface area contributed by atoms with Gasteiger partial charge in [-0.25, -0.2) is 13.1 Å². The topological polar surface area (TPSA) is 75.3 Å². The highest BCUT2D eigenvalue weighted by Gasteiger charge is 2.20. The van der Waals surface area contributed by atoms with Gasteiger partial charge < -0.3 is 5.32 Å². The Morgan fingerprint density at radius 2 is 1.88 bits per heavy atom. The van der Waals surface area contributed by atoms with Crippen LogP contribution in [0.2, 0.25) is 5.02 Å². The number of carbonyl (C=O) groups excluding carboxylic acids is 1. The zero-order chi connectivity index (χ0) is 18.4. The molecule has 2 N–H and O–H groups in total. The van der Waals surface area contributed by atoms with Gasteiger partial charge >= 0.3 is 0 Å². The van der Waals surface area contributed by atoms with Crippen molar-refractivity contribution in [1.82, 2.24) is 10.0 Å². The molecule has 5 nitrogen and oxygen atoms in total. The Kier molecular flexibility index (Phi) is 7.01. The second-order valence-electron chi connectivity index (χ2n) is 5.91. The van der Waals surface area contributed by atoms with Gasteiger partial charge in [0.25, 0.3) is 0 Å². The predicted molar refractivity (Wildman–Crippen MR) is 101 cm³/mol. The summed E-state index contributed by atoms with van der Waals surface area (Å²) in [6.07, 6.45) is 0.0708. The molecule has 136 valence electrons. The van der Waals surface area contributed by atoms with E-state index < -0.39 is 10.0 Å². The molecule has 1 heterocycles. The first-order chi connectivity index (χ1) is 11.8. The van der Waals surface area contributed by atoms with Gasteiger partial charge in [-0.2, -0.15) is 0 Å². The second-order valence-corrected chi connectivity index (χ2v) is 9.09. The lowest BCUT2D eigenvalue weighted by molar-refractivity contribution is -0.122. The van der Waals surface area contributed by atoms with E-state index in [4.69, 9.17) is 11.6 Å². The summed E-state index contributed by atoms with van der Waals surface area (Å²) < 4.78 is 26.7. The number of benzene rings is 1. The Labute approximate surface area is 157 Å². The quantitative estimate of drug-likeness (QED) is 0.711.